The Morgan fingerprint density at radius 2 is 1.67 bits per heavy atom. The van der Waals surface area contributed by atoms with Gasteiger partial charge in [0.05, 0.1) is 17.6 Å². The largest absolute Gasteiger partial charge is 1.00 e. The molecule has 0 bridgehead atoms. The summed E-state index contributed by atoms with van der Waals surface area (Å²) in [6.45, 7) is 1.50. The first-order chi connectivity index (χ1) is 15.3. The van der Waals surface area contributed by atoms with Crippen LogP contribution in [0.15, 0.2) is 88.1 Å². The summed E-state index contributed by atoms with van der Waals surface area (Å²) >= 11 is 0. The second-order valence-electron chi connectivity index (χ2n) is 7.03. The van der Waals surface area contributed by atoms with Crippen molar-refractivity contribution in [2.75, 3.05) is 5.73 Å². The maximum absolute atomic E-state index is 11.9. The van der Waals surface area contributed by atoms with Crippen LogP contribution < -0.4 is 35.3 Å². The summed E-state index contributed by atoms with van der Waals surface area (Å²) in [5, 5.41) is 8.91. The van der Waals surface area contributed by atoms with Crippen LogP contribution >= 0.6 is 0 Å². The number of benzene rings is 3. The number of aromatic nitrogens is 1. The zero-order valence-electron chi connectivity index (χ0n) is 18.9. The van der Waals surface area contributed by atoms with Gasteiger partial charge in [-0.1, -0.05) is 48.5 Å². The first-order valence-corrected chi connectivity index (χ1v) is 11.0. The van der Waals surface area contributed by atoms with Gasteiger partial charge in [-0.25, -0.2) is 0 Å². The van der Waals surface area contributed by atoms with Crippen molar-refractivity contribution in [2.45, 2.75) is 11.8 Å². The van der Waals surface area contributed by atoms with Crippen molar-refractivity contribution < 1.29 is 48.7 Å². The average molecular weight is 470 g/mol. The summed E-state index contributed by atoms with van der Waals surface area (Å²) in [6.07, 6.45) is 1.48. The van der Waals surface area contributed by atoms with Crippen molar-refractivity contribution in [1.29, 1.82) is 0 Å². The van der Waals surface area contributed by atoms with Crippen LogP contribution in [-0.4, -0.2) is 23.7 Å². The summed E-state index contributed by atoms with van der Waals surface area (Å²) in [4.78, 5) is 15.9. The molecule has 0 spiro atoms. The number of nitrogens with two attached hydrogens (primary N) is 1. The van der Waals surface area contributed by atoms with Crippen LogP contribution in [0.4, 0.5) is 17.1 Å². The summed E-state index contributed by atoms with van der Waals surface area (Å²) in [6, 6.07) is 18.3. The van der Waals surface area contributed by atoms with E-state index in [1.54, 1.807) is 48.5 Å². The van der Waals surface area contributed by atoms with Gasteiger partial charge in [0.25, 0.3) is 10.1 Å². The van der Waals surface area contributed by atoms with Crippen molar-refractivity contribution in [2.24, 2.45) is 10.2 Å². The molecule has 1 aromatic heterocycles. The van der Waals surface area contributed by atoms with E-state index < -0.39 is 10.1 Å². The molecule has 0 atom stereocenters. The Hall–Kier alpha value is -2.95. The Labute approximate surface area is 214 Å². The number of hydrogen-bond acceptors (Lipinski definition) is 7. The van der Waals surface area contributed by atoms with Gasteiger partial charge in [-0.15, -0.1) is 10.2 Å². The molecule has 0 radical (unpaired) electrons. The molecule has 10 heteroatoms. The maximum Gasteiger partial charge on any atom is 1.00 e. The van der Waals surface area contributed by atoms with E-state index in [1.807, 2.05) is 12.1 Å². The summed E-state index contributed by atoms with van der Waals surface area (Å²) in [7, 11) is -4.50. The molecule has 0 unspecified atom stereocenters. The number of rotatable bonds is 5. The molecule has 0 aliphatic heterocycles. The molecule has 0 amide bonds. The molecule has 1 heterocycles. The fraction of sp³-hybridized carbons (Fsp3) is 0.0435. The second kappa shape index (κ2) is 9.90. The fourth-order valence-corrected chi connectivity index (χ4v) is 4.09. The molecule has 4 rings (SSSR count). The number of azo groups is 1. The molecule has 0 fully saturated rings. The van der Waals surface area contributed by atoms with Crippen LogP contribution in [0.2, 0.25) is 0 Å². The standard InChI is InChI=1S/C23H18N4O4S.Na.H/c1-14(28)16-6-2-3-7-17(16)20-11-10-15(13-25-20)26-27-21-12-22(32(29,30)31)18-8-4-5-9-19(18)23(21)24;;/h2-13H,24H2,1H3,(H,29,30,31);;/q;+1;-1. The number of nitrogen functional groups attached to an aromatic ring is 1. The fourth-order valence-electron chi connectivity index (χ4n) is 3.38. The normalized spacial score (nSPS) is 11.5. The van der Waals surface area contributed by atoms with Gasteiger partial charge < -0.3 is 7.16 Å². The molecule has 33 heavy (non-hydrogen) atoms. The van der Waals surface area contributed by atoms with Gasteiger partial charge in [0, 0.05) is 21.9 Å². The van der Waals surface area contributed by atoms with Gasteiger partial charge in [-0.2, -0.15) is 8.42 Å². The van der Waals surface area contributed by atoms with E-state index in [0.29, 0.717) is 33.3 Å². The van der Waals surface area contributed by atoms with E-state index in [4.69, 9.17) is 5.73 Å². The zero-order valence-corrected chi connectivity index (χ0v) is 20.7. The van der Waals surface area contributed by atoms with E-state index >= 15 is 0 Å². The SMILES string of the molecule is CC(=O)c1ccccc1-c1ccc(N=Nc2cc(S(=O)(=O)O)c3ccccc3c2N)cn1.[H-].[Na+]. The van der Waals surface area contributed by atoms with E-state index in [2.05, 4.69) is 15.2 Å². The van der Waals surface area contributed by atoms with E-state index in [1.165, 1.54) is 19.2 Å². The third-order valence-corrected chi connectivity index (χ3v) is 5.80. The summed E-state index contributed by atoms with van der Waals surface area (Å²) in [5.74, 6) is -0.0624. The average Bonchev–Trinajstić information content (AvgIpc) is 2.78. The van der Waals surface area contributed by atoms with Gasteiger partial charge >= 0.3 is 29.6 Å². The summed E-state index contributed by atoms with van der Waals surface area (Å²) < 4.78 is 33.3. The Bertz CT molecular complexity index is 1490. The molecule has 162 valence electrons. The maximum atomic E-state index is 11.9. The smallest absolute Gasteiger partial charge is 1.00 e. The molecule has 3 N–H and O–H groups in total. The van der Waals surface area contributed by atoms with Crippen molar-refractivity contribution in [3.05, 3.63) is 78.5 Å². The van der Waals surface area contributed by atoms with Crippen LogP contribution in [0.1, 0.15) is 18.7 Å². The number of carbonyl (C=O) groups excluding carboxylic acids is 1. The summed E-state index contributed by atoms with van der Waals surface area (Å²) in [5.41, 5.74) is 8.77. The minimum absolute atomic E-state index is 0. The number of Topliss-reactive ketones (excluding diaryl/α,β-unsaturated/α-hetero) is 1. The van der Waals surface area contributed by atoms with Crippen LogP contribution in [0.5, 0.6) is 0 Å². The molecule has 0 aliphatic carbocycles. The number of ketones is 1. The van der Waals surface area contributed by atoms with Gasteiger partial charge in [0.2, 0.25) is 0 Å². The van der Waals surface area contributed by atoms with Crippen LogP contribution in [-0.2, 0) is 10.1 Å². The number of nitrogens with zero attached hydrogens (tertiary/aromatic N) is 3. The predicted octanol–water partition coefficient (Wildman–Crippen LogP) is 2.47. The zero-order chi connectivity index (χ0) is 22.9. The van der Waals surface area contributed by atoms with Crippen LogP contribution in [0.25, 0.3) is 22.0 Å². The number of fused-ring (bicyclic) bond motifs is 1. The van der Waals surface area contributed by atoms with Gasteiger partial charge in [0.1, 0.15) is 16.3 Å². The Morgan fingerprint density at radius 3 is 2.30 bits per heavy atom. The topological polar surface area (TPSA) is 135 Å². The number of pyridine rings is 1. The van der Waals surface area contributed by atoms with E-state index in [-0.39, 0.29) is 53.0 Å². The Balaban J connectivity index is 0.00000204. The molecular formula is C23H19N4NaO4S. The molecular weight excluding hydrogens is 451 g/mol. The number of carbonyl (C=O) groups is 1. The molecule has 0 saturated heterocycles. The van der Waals surface area contributed by atoms with Crippen molar-refractivity contribution in [3.63, 3.8) is 0 Å². The first kappa shape index (κ1) is 24.7. The van der Waals surface area contributed by atoms with Gasteiger partial charge in [-0.3, -0.25) is 14.3 Å². The first-order valence-electron chi connectivity index (χ1n) is 9.52. The molecule has 0 aliphatic rings. The third-order valence-electron chi connectivity index (χ3n) is 4.91. The van der Waals surface area contributed by atoms with Crippen molar-refractivity contribution in [3.8, 4) is 11.3 Å². The molecule has 8 nitrogen and oxygen atoms in total. The van der Waals surface area contributed by atoms with Crippen molar-refractivity contribution >= 4 is 43.7 Å². The number of anilines is 1. The van der Waals surface area contributed by atoms with Crippen molar-refractivity contribution in [1.82, 2.24) is 4.98 Å². The second-order valence-corrected chi connectivity index (χ2v) is 8.42. The Kier molecular flexibility index (Phi) is 7.41. The number of hydrogen-bond donors (Lipinski definition) is 2. The molecule has 0 saturated carbocycles. The molecule has 3 aromatic carbocycles. The minimum atomic E-state index is -4.50. The monoisotopic (exact) mass is 470 g/mol. The van der Waals surface area contributed by atoms with E-state index in [9.17, 15) is 17.8 Å². The minimum Gasteiger partial charge on any atom is -1.00 e. The Morgan fingerprint density at radius 1 is 1.00 bits per heavy atom. The third kappa shape index (κ3) is 5.18. The van der Waals surface area contributed by atoms with E-state index in [0.717, 1.165) is 0 Å². The molecule has 4 aromatic rings. The quantitative estimate of drug-likeness (QED) is 0.151. The van der Waals surface area contributed by atoms with Crippen LogP contribution in [0, 0.1) is 0 Å². The predicted molar refractivity (Wildman–Crippen MR) is 123 cm³/mol. The van der Waals surface area contributed by atoms with Gasteiger partial charge in [-0.05, 0) is 25.1 Å². The van der Waals surface area contributed by atoms with Crippen LogP contribution in [0.3, 0.4) is 0 Å². The van der Waals surface area contributed by atoms with Gasteiger partial charge in [0.15, 0.2) is 5.78 Å².